The highest BCUT2D eigenvalue weighted by Gasteiger charge is 2.37. The molecule has 27 heavy (non-hydrogen) atoms. The number of aromatic nitrogens is 1. The average Bonchev–Trinajstić information content (AvgIpc) is 3.11. The number of nitrogens with zero attached hydrogens (tertiary/aromatic N) is 2. The number of para-hydroxylation sites is 1. The first-order valence-corrected chi connectivity index (χ1v) is 10.8. The summed E-state index contributed by atoms with van der Waals surface area (Å²) in [6.07, 6.45) is 7.82. The van der Waals surface area contributed by atoms with E-state index < -0.39 is 0 Å². The van der Waals surface area contributed by atoms with E-state index in [0.29, 0.717) is 0 Å². The Morgan fingerprint density at radius 1 is 1.11 bits per heavy atom. The maximum Gasteiger partial charge on any atom is 0.266 e. The van der Waals surface area contributed by atoms with Crippen LogP contribution in [0.4, 0.5) is 0 Å². The van der Waals surface area contributed by atoms with Crippen molar-refractivity contribution >= 4 is 40.3 Å². The van der Waals surface area contributed by atoms with E-state index in [4.69, 9.17) is 12.2 Å². The van der Waals surface area contributed by atoms with Crippen LogP contribution in [0, 0.1) is 13.8 Å². The van der Waals surface area contributed by atoms with Gasteiger partial charge in [0.1, 0.15) is 4.32 Å². The van der Waals surface area contributed by atoms with Crippen LogP contribution in [0.2, 0.25) is 0 Å². The summed E-state index contributed by atoms with van der Waals surface area (Å²) in [5.74, 6) is 0.0846. The zero-order valence-corrected chi connectivity index (χ0v) is 17.4. The molecule has 4 rings (SSSR count). The molecule has 0 atom stereocenters. The fourth-order valence-corrected chi connectivity index (χ4v) is 5.57. The Morgan fingerprint density at radius 3 is 2.52 bits per heavy atom. The van der Waals surface area contributed by atoms with Crippen LogP contribution in [0.15, 0.2) is 41.3 Å². The standard InChI is InChI=1S/C22H24N2OS2/c1-15-13-17(16(2)23(15)18-9-5-3-6-10-18)14-20-21(25)24(22(26)27-20)19-11-7-4-8-12-19/h3,5-6,9-10,13-14,19H,4,7-8,11-12H2,1-2H3/b20-14-. The molecule has 1 amide bonds. The van der Waals surface area contributed by atoms with Crippen LogP contribution in [0.5, 0.6) is 0 Å². The molecule has 2 aromatic rings. The molecule has 1 aromatic heterocycles. The molecule has 5 heteroatoms. The van der Waals surface area contributed by atoms with Gasteiger partial charge in [-0.25, -0.2) is 0 Å². The number of thiocarbonyl (C=S) groups is 1. The van der Waals surface area contributed by atoms with Gasteiger partial charge < -0.3 is 4.57 Å². The summed E-state index contributed by atoms with van der Waals surface area (Å²) in [5.41, 5.74) is 4.52. The van der Waals surface area contributed by atoms with Gasteiger partial charge in [-0.15, -0.1) is 0 Å². The number of hydrogen-bond acceptors (Lipinski definition) is 3. The zero-order valence-electron chi connectivity index (χ0n) is 15.8. The predicted octanol–water partition coefficient (Wildman–Crippen LogP) is 5.63. The molecular formula is C22H24N2OS2. The van der Waals surface area contributed by atoms with E-state index in [1.165, 1.54) is 31.0 Å². The third-order valence-electron chi connectivity index (χ3n) is 5.53. The van der Waals surface area contributed by atoms with Crippen molar-refractivity contribution in [2.24, 2.45) is 0 Å². The lowest BCUT2D eigenvalue weighted by Crippen LogP contribution is -2.39. The molecule has 0 bridgehead atoms. The van der Waals surface area contributed by atoms with Gasteiger partial charge in [-0.1, -0.05) is 61.4 Å². The highest BCUT2D eigenvalue weighted by Crippen LogP contribution is 2.38. The number of amides is 1. The number of rotatable bonds is 3. The van der Waals surface area contributed by atoms with Crippen molar-refractivity contribution in [2.45, 2.75) is 52.0 Å². The van der Waals surface area contributed by atoms with Gasteiger partial charge in [0.05, 0.1) is 4.91 Å². The molecule has 2 heterocycles. The maximum atomic E-state index is 13.0. The van der Waals surface area contributed by atoms with E-state index >= 15 is 0 Å². The summed E-state index contributed by atoms with van der Waals surface area (Å²) in [5, 5.41) is 0. The molecule has 0 unspecified atom stereocenters. The van der Waals surface area contributed by atoms with Gasteiger partial charge in [0.25, 0.3) is 5.91 Å². The Morgan fingerprint density at radius 2 is 1.81 bits per heavy atom. The Balaban J connectivity index is 1.64. The minimum Gasteiger partial charge on any atom is -0.318 e. The number of hydrogen-bond donors (Lipinski definition) is 0. The quantitative estimate of drug-likeness (QED) is 0.497. The SMILES string of the molecule is Cc1cc(/C=C2\SC(=S)N(C3CCCCC3)C2=O)c(C)n1-c1ccccc1. The molecule has 1 aromatic carbocycles. The van der Waals surface area contributed by atoms with Crippen LogP contribution in [-0.4, -0.2) is 25.7 Å². The second kappa shape index (κ2) is 7.64. The minimum atomic E-state index is 0.0846. The Kier molecular flexibility index (Phi) is 5.24. The summed E-state index contributed by atoms with van der Waals surface area (Å²) >= 11 is 7.00. The highest BCUT2D eigenvalue weighted by molar-refractivity contribution is 8.26. The molecule has 1 saturated carbocycles. The molecule has 0 N–H and O–H groups in total. The van der Waals surface area contributed by atoms with E-state index in [9.17, 15) is 4.79 Å². The van der Waals surface area contributed by atoms with Crippen molar-refractivity contribution in [3.05, 3.63) is 58.3 Å². The van der Waals surface area contributed by atoms with Crippen LogP contribution < -0.4 is 0 Å². The summed E-state index contributed by atoms with van der Waals surface area (Å²) in [6, 6.07) is 12.8. The lowest BCUT2D eigenvalue weighted by Gasteiger charge is -2.29. The molecular weight excluding hydrogens is 372 g/mol. The van der Waals surface area contributed by atoms with Crippen LogP contribution in [-0.2, 0) is 4.79 Å². The molecule has 2 fully saturated rings. The molecule has 1 aliphatic carbocycles. The lowest BCUT2D eigenvalue weighted by atomic mass is 9.94. The van der Waals surface area contributed by atoms with Crippen molar-refractivity contribution in [2.75, 3.05) is 0 Å². The van der Waals surface area contributed by atoms with Crippen molar-refractivity contribution in [1.82, 2.24) is 9.47 Å². The van der Waals surface area contributed by atoms with Gasteiger partial charge in [0.2, 0.25) is 0 Å². The number of aryl methyl sites for hydroxylation is 1. The van der Waals surface area contributed by atoms with Crippen molar-refractivity contribution in [1.29, 1.82) is 0 Å². The first kappa shape index (κ1) is 18.5. The number of thioether (sulfide) groups is 1. The average molecular weight is 397 g/mol. The fourth-order valence-electron chi connectivity index (χ4n) is 4.18. The van der Waals surface area contributed by atoms with E-state index in [0.717, 1.165) is 44.7 Å². The third-order valence-corrected chi connectivity index (χ3v) is 6.87. The number of benzene rings is 1. The van der Waals surface area contributed by atoms with Gasteiger partial charge in [0.15, 0.2) is 0 Å². The van der Waals surface area contributed by atoms with Crippen LogP contribution in [0.1, 0.15) is 49.1 Å². The maximum absolute atomic E-state index is 13.0. The topological polar surface area (TPSA) is 25.2 Å². The molecule has 2 aliphatic rings. The van der Waals surface area contributed by atoms with Crippen LogP contribution in [0.3, 0.4) is 0 Å². The molecule has 140 valence electrons. The Labute approximate surface area is 170 Å². The van der Waals surface area contributed by atoms with Gasteiger partial charge in [-0.05, 0) is 56.5 Å². The van der Waals surface area contributed by atoms with Gasteiger partial charge >= 0.3 is 0 Å². The summed E-state index contributed by atoms with van der Waals surface area (Å²) in [4.78, 5) is 15.7. The van der Waals surface area contributed by atoms with E-state index in [-0.39, 0.29) is 11.9 Å². The Hall–Kier alpha value is -1.85. The predicted molar refractivity (Wildman–Crippen MR) is 117 cm³/mol. The van der Waals surface area contributed by atoms with Gasteiger partial charge in [-0.3, -0.25) is 9.69 Å². The van der Waals surface area contributed by atoms with E-state index in [1.54, 1.807) is 0 Å². The molecule has 3 nitrogen and oxygen atoms in total. The molecule has 0 radical (unpaired) electrons. The summed E-state index contributed by atoms with van der Waals surface area (Å²) in [7, 11) is 0. The Bertz CT molecular complexity index is 908. The van der Waals surface area contributed by atoms with Crippen molar-refractivity contribution < 1.29 is 4.79 Å². The second-order valence-electron chi connectivity index (χ2n) is 7.34. The van der Waals surface area contributed by atoms with Gasteiger partial charge in [-0.2, -0.15) is 0 Å². The van der Waals surface area contributed by atoms with E-state index in [1.807, 2.05) is 29.2 Å². The molecule has 0 spiro atoms. The summed E-state index contributed by atoms with van der Waals surface area (Å²) < 4.78 is 2.95. The monoisotopic (exact) mass is 396 g/mol. The summed E-state index contributed by atoms with van der Waals surface area (Å²) in [6.45, 7) is 4.21. The minimum absolute atomic E-state index is 0.0846. The third kappa shape index (κ3) is 3.50. The first-order valence-electron chi connectivity index (χ1n) is 9.57. The smallest absolute Gasteiger partial charge is 0.266 e. The second-order valence-corrected chi connectivity index (χ2v) is 9.02. The zero-order chi connectivity index (χ0) is 19.0. The number of carbonyl (C=O) groups is 1. The van der Waals surface area contributed by atoms with Crippen LogP contribution in [0.25, 0.3) is 11.8 Å². The van der Waals surface area contributed by atoms with Crippen molar-refractivity contribution in [3.8, 4) is 5.69 Å². The van der Waals surface area contributed by atoms with Crippen molar-refractivity contribution in [3.63, 3.8) is 0 Å². The van der Waals surface area contributed by atoms with E-state index in [2.05, 4.69) is 36.6 Å². The van der Waals surface area contributed by atoms with Gasteiger partial charge in [0, 0.05) is 23.1 Å². The first-order chi connectivity index (χ1) is 13.1. The highest BCUT2D eigenvalue weighted by atomic mass is 32.2. The number of carbonyl (C=O) groups excluding carboxylic acids is 1. The fraction of sp³-hybridized carbons (Fsp3) is 0.364. The largest absolute Gasteiger partial charge is 0.318 e. The normalized spacial score (nSPS) is 20.1. The van der Waals surface area contributed by atoms with Crippen LogP contribution >= 0.6 is 24.0 Å². The molecule has 1 saturated heterocycles. The lowest BCUT2D eigenvalue weighted by molar-refractivity contribution is -0.124. The molecule has 1 aliphatic heterocycles.